The zero-order valence-corrected chi connectivity index (χ0v) is 19.1. The van der Waals surface area contributed by atoms with Gasteiger partial charge in [0, 0.05) is 19.3 Å². The van der Waals surface area contributed by atoms with Gasteiger partial charge in [-0.2, -0.15) is 8.61 Å². The van der Waals surface area contributed by atoms with Gasteiger partial charge in [-0.3, -0.25) is 4.98 Å². The standard InChI is InChI=1S/C22H25N3O5S2/c26-31(27,24-14-4-1-5-15-24)21-9-11-22(12-10-21)32(28,29)25(18-20-8-6-16-30-20)17-19-7-2-3-13-23-19/h2-3,6-13,16H,1,4-5,14-15,17-18H2. The van der Waals surface area contributed by atoms with Crippen LogP contribution in [0.25, 0.3) is 0 Å². The molecule has 1 aliphatic rings. The van der Waals surface area contributed by atoms with Crippen molar-refractivity contribution in [3.05, 3.63) is 78.5 Å². The Morgan fingerprint density at radius 3 is 2.19 bits per heavy atom. The van der Waals surface area contributed by atoms with Crippen LogP contribution in [0.1, 0.15) is 30.7 Å². The van der Waals surface area contributed by atoms with Crippen LogP contribution in [0.4, 0.5) is 0 Å². The molecule has 0 atom stereocenters. The van der Waals surface area contributed by atoms with E-state index in [0.29, 0.717) is 24.5 Å². The summed E-state index contributed by atoms with van der Waals surface area (Å²) in [7, 11) is -7.57. The molecule has 3 heterocycles. The number of benzene rings is 1. The molecule has 0 unspecified atom stereocenters. The molecule has 0 saturated carbocycles. The van der Waals surface area contributed by atoms with Gasteiger partial charge in [0.2, 0.25) is 20.0 Å². The summed E-state index contributed by atoms with van der Waals surface area (Å²) in [6.07, 6.45) is 5.78. The zero-order valence-electron chi connectivity index (χ0n) is 17.5. The van der Waals surface area contributed by atoms with E-state index in [0.717, 1.165) is 19.3 Å². The summed E-state index contributed by atoms with van der Waals surface area (Å²) in [5, 5.41) is 0. The van der Waals surface area contributed by atoms with Gasteiger partial charge in [-0.1, -0.05) is 12.5 Å². The fourth-order valence-corrected chi connectivity index (χ4v) is 6.56. The third-order valence-electron chi connectivity index (χ3n) is 5.39. The molecule has 32 heavy (non-hydrogen) atoms. The number of hydrogen-bond donors (Lipinski definition) is 0. The molecule has 4 rings (SSSR count). The fourth-order valence-electron chi connectivity index (χ4n) is 3.66. The van der Waals surface area contributed by atoms with Crippen molar-refractivity contribution in [1.82, 2.24) is 13.6 Å². The fraction of sp³-hybridized carbons (Fsp3) is 0.318. The predicted octanol–water partition coefficient (Wildman–Crippen LogP) is 3.24. The van der Waals surface area contributed by atoms with Gasteiger partial charge in [0.1, 0.15) is 5.76 Å². The number of sulfonamides is 2. The summed E-state index contributed by atoms with van der Waals surface area (Å²) in [6, 6.07) is 14.1. The van der Waals surface area contributed by atoms with Crippen molar-refractivity contribution < 1.29 is 21.3 Å². The molecular weight excluding hydrogens is 450 g/mol. The molecule has 3 aromatic rings. The van der Waals surface area contributed by atoms with E-state index in [1.54, 1.807) is 36.5 Å². The maximum Gasteiger partial charge on any atom is 0.243 e. The van der Waals surface area contributed by atoms with E-state index in [4.69, 9.17) is 4.42 Å². The predicted molar refractivity (Wildman–Crippen MR) is 118 cm³/mol. The van der Waals surface area contributed by atoms with Crippen LogP contribution < -0.4 is 0 Å². The van der Waals surface area contributed by atoms with Crippen LogP contribution in [0, 0.1) is 0 Å². The van der Waals surface area contributed by atoms with Crippen LogP contribution in [0.2, 0.25) is 0 Å². The highest BCUT2D eigenvalue weighted by Crippen LogP contribution is 2.25. The van der Waals surface area contributed by atoms with Gasteiger partial charge >= 0.3 is 0 Å². The average molecular weight is 476 g/mol. The molecule has 0 radical (unpaired) electrons. The molecule has 1 saturated heterocycles. The second kappa shape index (κ2) is 9.53. The van der Waals surface area contributed by atoms with Gasteiger partial charge in [0.25, 0.3) is 0 Å². The topological polar surface area (TPSA) is 101 Å². The minimum absolute atomic E-state index is 0.0116. The highest BCUT2D eigenvalue weighted by atomic mass is 32.2. The van der Waals surface area contributed by atoms with Crippen molar-refractivity contribution in [1.29, 1.82) is 0 Å². The van der Waals surface area contributed by atoms with E-state index in [1.165, 1.54) is 39.1 Å². The van der Waals surface area contributed by atoms with Gasteiger partial charge in [-0.25, -0.2) is 16.8 Å². The molecule has 1 fully saturated rings. The Morgan fingerprint density at radius 1 is 0.844 bits per heavy atom. The van der Waals surface area contributed by atoms with Crippen LogP contribution in [0.3, 0.4) is 0 Å². The lowest BCUT2D eigenvalue weighted by atomic mass is 10.2. The minimum Gasteiger partial charge on any atom is -0.468 e. The van der Waals surface area contributed by atoms with Crippen LogP contribution in [0.5, 0.6) is 0 Å². The lowest BCUT2D eigenvalue weighted by molar-refractivity contribution is 0.346. The molecule has 0 aliphatic carbocycles. The Balaban J connectivity index is 1.61. The minimum atomic E-state index is -3.94. The Labute approximate surface area is 188 Å². The van der Waals surface area contributed by atoms with Crippen LogP contribution >= 0.6 is 0 Å². The van der Waals surface area contributed by atoms with E-state index in [-0.39, 0.29) is 22.9 Å². The quantitative estimate of drug-likeness (QED) is 0.496. The lowest BCUT2D eigenvalue weighted by Gasteiger charge is -2.26. The summed E-state index contributed by atoms with van der Waals surface area (Å²) in [6.45, 7) is 1.06. The molecule has 1 aromatic carbocycles. The number of furan rings is 1. The lowest BCUT2D eigenvalue weighted by Crippen LogP contribution is -2.35. The maximum absolute atomic E-state index is 13.4. The molecule has 170 valence electrons. The Bertz CT molecular complexity index is 1220. The van der Waals surface area contributed by atoms with E-state index >= 15 is 0 Å². The molecule has 2 aromatic heterocycles. The van der Waals surface area contributed by atoms with E-state index < -0.39 is 20.0 Å². The van der Waals surface area contributed by atoms with Crippen molar-refractivity contribution >= 4 is 20.0 Å². The van der Waals surface area contributed by atoms with Crippen molar-refractivity contribution in [3.63, 3.8) is 0 Å². The van der Waals surface area contributed by atoms with Crippen molar-refractivity contribution in [3.8, 4) is 0 Å². The average Bonchev–Trinajstić information content (AvgIpc) is 3.33. The summed E-state index contributed by atoms with van der Waals surface area (Å²) in [5.41, 5.74) is 0.590. The number of piperidine rings is 1. The van der Waals surface area contributed by atoms with E-state index in [9.17, 15) is 16.8 Å². The van der Waals surface area contributed by atoms with Gasteiger partial charge < -0.3 is 4.42 Å². The van der Waals surface area contributed by atoms with Crippen molar-refractivity contribution in [2.75, 3.05) is 13.1 Å². The maximum atomic E-state index is 13.4. The van der Waals surface area contributed by atoms with Gasteiger partial charge in [0.05, 0.1) is 34.8 Å². The first-order chi connectivity index (χ1) is 15.4. The van der Waals surface area contributed by atoms with Gasteiger partial charge in [-0.05, 0) is 61.4 Å². The second-order valence-electron chi connectivity index (χ2n) is 7.61. The normalized spacial score (nSPS) is 15.8. The molecule has 0 amide bonds. The highest BCUT2D eigenvalue weighted by molar-refractivity contribution is 7.89. The Hall–Kier alpha value is -2.53. The van der Waals surface area contributed by atoms with Crippen LogP contribution in [-0.4, -0.2) is 43.5 Å². The van der Waals surface area contributed by atoms with Gasteiger partial charge in [0.15, 0.2) is 0 Å². The van der Waals surface area contributed by atoms with Crippen molar-refractivity contribution in [2.45, 2.75) is 42.1 Å². The molecule has 0 spiro atoms. The number of hydrogen-bond acceptors (Lipinski definition) is 6. The number of pyridine rings is 1. The summed E-state index contributed by atoms with van der Waals surface area (Å²) >= 11 is 0. The Kier molecular flexibility index (Phi) is 6.75. The second-order valence-corrected chi connectivity index (χ2v) is 11.5. The zero-order chi connectivity index (χ0) is 22.6. The van der Waals surface area contributed by atoms with Crippen LogP contribution in [0.15, 0.2) is 81.3 Å². The first kappa shape index (κ1) is 22.7. The van der Waals surface area contributed by atoms with Gasteiger partial charge in [-0.15, -0.1) is 0 Å². The first-order valence-electron chi connectivity index (χ1n) is 10.4. The monoisotopic (exact) mass is 475 g/mol. The van der Waals surface area contributed by atoms with Crippen LogP contribution in [-0.2, 0) is 33.1 Å². The molecular formula is C22H25N3O5S2. The third-order valence-corrected chi connectivity index (χ3v) is 9.11. The summed E-state index contributed by atoms with van der Waals surface area (Å²) < 4.78 is 60.7. The number of nitrogens with zero attached hydrogens (tertiary/aromatic N) is 3. The number of rotatable bonds is 8. The van der Waals surface area contributed by atoms with E-state index in [1.807, 2.05) is 0 Å². The molecule has 10 heteroatoms. The highest BCUT2D eigenvalue weighted by Gasteiger charge is 2.29. The van der Waals surface area contributed by atoms with Crippen molar-refractivity contribution in [2.24, 2.45) is 0 Å². The SMILES string of the molecule is O=S(=O)(c1ccc(S(=O)(=O)N(Cc2ccccn2)Cc2ccco2)cc1)N1CCCCC1. The molecule has 0 bridgehead atoms. The molecule has 0 N–H and O–H groups in total. The molecule has 1 aliphatic heterocycles. The third kappa shape index (κ3) is 4.93. The Morgan fingerprint density at radius 2 is 1.56 bits per heavy atom. The molecule has 8 nitrogen and oxygen atoms in total. The first-order valence-corrected chi connectivity index (χ1v) is 13.3. The summed E-state index contributed by atoms with van der Waals surface area (Å²) in [4.78, 5) is 4.34. The number of aromatic nitrogens is 1. The van der Waals surface area contributed by atoms with E-state index in [2.05, 4.69) is 4.98 Å². The largest absolute Gasteiger partial charge is 0.468 e. The smallest absolute Gasteiger partial charge is 0.243 e. The summed E-state index contributed by atoms with van der Waals surface area (Å²) in [5.74, 6) is 0.494.